The van der Waals surface area contributed by atoms with Crippen LogP contribution in [0.15, 0.2) is 197 Å². The summed E-state index contributed by atoms with van der Waals surface area (Å²) in [5, 5.41) is 9.62. The van der Waals surface area contributed by atoms with Gasteiger partial charge in [0.2, 0.25) is 0 Å². The SMILES string of the molecule is c1ccc2c(-c3ccc(N(c4ccc(-c5ccc6sc7ccc8oc9ccccc9c8c7c6c5)cc4)c4ccc5c(c4)oc4ccccc45)cc3)cccc2c1. The molecule has 0 atom stereocenters. The van der Waals surface area contributed by atoms with Crippen LogP contribution < -0.4 is 4.90 Å². The second-order valence-electron chi connectivity index (χ2n) is 14.5. The highest BCUT2D eigenvalue weighted by Crippen LogP contribution is 2.44. The summed E-state index contributed by atoms with van der Waals surface area (Å²) in [4.78, 5) is 2.32. The van der Waals surface area contributed by atoms with Gasteiger partial charge in [-0.25, -0.2) is 0 Å². The number of hydrogen-bond acceptors (Lipinski definition) is 4. The zero-order valence-corrected chi connectivity index (χ0v) is 30.9. The van der Waals surface area contributed by atoms with E-state index < -0.39 is 0 Å². The van der Waals surface area contributed by atoms with E-state index in [9.17, 15) is 0 Å². The fourth-order valence-electron chi connectivity index (χ4n) is 8.63. The fraction of sp³-hybridized carbons (Fsp3) is 0. The summed E-state index contributed by atoms with van der Waals surface area (Å²) in [6.45, 7) is 0. The number of benzene rings is 9. The molecule has 0 aliphatic rings. The van der Waals surface area contributed by atoms with E-state index in [1.54, 1.807) is 0 Å². The summed E-state index contributed by atoms with van der Waals surface area (Å²) in [6, 6.07) is 67.3. The molecule has 3 nitrogen and oxygen atoms in total. The number of para-hydroxylation sites is 2. The third kappa shape index (κ3) is 4.83. The average molecular weight is 734 g/mol. The number of thiophene rings is 1. The maximum absolute atomic E-state index is 6.38. The van der Waals surface area contributed by atoms with Crippen LogP contribution in [0.5, 0.6) is 0 Å². The lowest BCUT2D eigenvalue weighted by Gasteiger charge is -2.26. The highest BCUT2D eigenvalue weighted by molar-refractivity contribution is 7.26. The number of hydrogen-bond donors (Lipinski definition) is 0. The van der Waals surface area contributed by atoms with Gasteiger partial charge in [0.1, 0.15) is 22.3 Å². The van der Waals surface area contributed by atoms with Gasteiger partial charge in [0.25, 0.3) is 0 Å². The highest BCUT2D eigenvalue weighted by Gasteiger charge is 2.18. The molecular weight excluding hydrogens is 703 g/mol. The van der Waals surface area contributed by atoms with Crippen molar-refractivity contribution in [1.29, 1.82) is 0 Å². The summed E-state index contributed by atoms with van der Waals surface area (Å²) in [5.74, 6) is 0. The number of fused-ring (bicyclic) bond motifs is 11. The molecule has 0 unspecified atom stereocenters. The summed E-state index contributed by atoms with van der Waals surface area (Å²) in [7, 11) is 0. The molecule has 56 heavy (non-hydrogen) atoms. The van der Waals surface area contributed by atoms with Crippen LogP contribution in [0.4, 0.5) is 17.1 Å². The van der Waals surface area contributed by atoms with Gasteiger partial charge in [-0.2, -0.15) is 0 Å². The van der Waals surface area contributed by atoms with Crippen molar-refractivity contribution in [1.82, 2.24) is 0 Å². The van der Waals surface area contributed by atoms with Gasteiger partial charge in [-0.1, -0.05) is 109 Å². The molecule has 0 fully saturated rings. The third-order valence-corrected chi connectivity index (χ3v) is 12.4. The molecule has 0 aliphatic carbocycles. The van der Waals surface area contributed by atoms with E-state index in [1.807, 2.05) is 29.5 Å². The summed E-state index contributed by atoms with van der Waals surface area (Å²) in [5.41, 5.74) is 11.5. The topological polar surface area (TPSA) is 29.5 Å². The van der Waals surface area contributed by atoms with Crippen molar-refractivity contribution in [3.63, 3.8) is 0 Å². The Hall–Kier alpha value is -7.14. The van der Waals surface area contributed by atoms with Gasteiger partial charge in [0, 0.05) is 64.8 Å². The van der Waals surface area contributed by atoms with Crippen LogP contribution >= 0.6 is 11.3 Å². The van der Waals surface area contributed by atoms with E-state index in [4.69, 9.17) is 8.83 Å². The second kappa shape index (κ2) is 12.2. The standard InChI is InChI=1S/C52H31NO2S/c1-2-10-39-33(8-1)9-7-13-40(39)34-18-23-37(24-19-34)53(38-25-26-42-41-11-3-5-14-45(41)55-48(42)31-38)36-21-16-32(17-22-36)35-20-28-49-44(30-35)52-50(56-49)29-27-47-51(52)43-12-4-6-15-46(43)54-47/h1-31H. The first-order valence-corrected chi connectivity index (χ1v) is 19.7. The van der Waals surface area contributed by atoms with Crippen LogP contribution in [-0.2, 0) is 0 Å². The van der Waals surface area contributed by atoms with Crippen molar-refractivity contribution in [3.8, 4) is 22.3 Å². The molecule has 12 rings (SSSR count). The predicted octanol–water partition coefficient (Wildman–Crippen LogP) is 15.8. The monoisotopic (exact) mass is 733 g/mol. The number of anilines is 3. The first-order valence-electron chi connectivity index (χ1n) is 18.9. The molecule has 0 radical (unpaired) electrons. The van der Waals surface area contributed by atoms with Crippen molar-refractivity contribution in [3.05, 3.63) is 188 Å². The Balaban J connectivity index is 0.974. The zero-order valence-electron chi connectivity index (χ0n) is 30.1. The first-order chi connectivity index (χ1) is 27.7. The Morgan fingerprint density at radius 1 is 0.339 bits per heavy atom. The van der Waals surface area contributed by atoms with Gasteiger partial charge in [-0.05, 0) is 106 Å². The lowest BCUT2D eigenvalue weighted by atomic mass is 9.98. The molecular formula is C52H31NO2S. The third-order valence-electron chi connectivity index (χ3n) is 11.3. The smallest absolute Gasteiger partial charge is 0.137 e. The molecule has 0 bridgehead atoms. The molecule has 0 saturated carbocycles. The van der Waals surface area contributed by atoms with Gasteiger partial charge < -0.3 is 13.7 Å². The number of furan rings is 2. The Morgan fingerprint density at radius 3 is 1.77 bits per heavy atom. The fourth-order valence-corrected chi connectivity index (χ4v) is 9.73. The highest BCUT2D eigenvalue weighted by atomic mass is 32.1. The molecule has 9 aromatic carbocycles. The van der Waals surface area contributed by atoms with Crippen molar-refractivity contribution < 1.29 is 8.83 Å². The van der Waals surface area contributed by atoms with Crippen LogP contribution in [0.2, 0.25) is 0 Å². The van der Waals surface area contributed by atoms with E-state index in [2.05, 4.69) is 175 Å². The van der Waals surface area contributed by atoms with Gasteiger partial charge >= 0.3 is 0 Å². The number of nitrogens with zero attached hydrogens (tertiary/aromatic N) is 1. The molecule has 3 heterocycles. The summed E-state index contributed by atoms with van der Waals surface area (Å²) >= 11 is 1.84. The molecule has 0 amide bonds. The molecule has 0 N–H and O–H groups in total. The molecule has 0 spiro atoms. The minimum absolute atomic E-state index is 0.869. The van der Waals surface area contributed by atoms with Crippen LogP contribution in [-0.4, -0.2) is 0 Å². The maximum Gasteiger partial charge on any atom is 0.137 e. The van der Waals surface area contributed by atoms with Crippen LogP contribution in [0.1, 0.15) is 0 Å². The molecule has 0 saturated heterocycles. The van der Waals surface area contributed by atoms with Crippen LogP contribution in [0, 0.1) is 0 Å². The van der Waals surface area contributed by atoms with E-state index in [1.165, 1.54) is 58.6 Å². The Labute approximate surface area is 325 Å². The summed E-state index contributed by atoms with van der Waals surface area (Å²) < 4.78 is 15.2. The minimum atomic E-state index is 0.869. The summed E-state index contributed by atoms with van der Waals surface area (Å²) in [6.07, 6.45) is 0. The molecule has 262 valence electrons. The molecule has 4 heteroatoms. The number of rotatable bonds is 5. The van der Waals surface area contributed by atoms with Crippen molar-refractivity contribution in [2.75, 3.05) is 4.90 Å². The lowest BCUT2D eigenvalue weighted by Crippen LogP contribution is -2.09. The molecule has 3 aromatic heterocycles. The zero-order chi connectivity index (χ0) is 36.7. The van der Waals surface area contributed by atoms with E-state index >= 15 is 0 Å². The Morgan fingerprint density at radius 2 is 0.946 bits per heavy atom. The normalized spacial score (nSPS) is 11.9. The minimum Gasteiger partial charge on any atom is -0.456 e. The van der Waals surface area contributed by atoms with Crippen molar-refractivity contribution >= 4 is 103 Å². The van der Waals surface area contributed by atoms with E-state index in [-0.39, 0.29) is 0 Å². The van der Waals surface area contributed by atoms with Gasteiger partial charge in [-0.3, -0.25) is 0 Å². The molecule has 12 aromatic rings. The predicted molar refractivity (Wildman–Crippen MR) is 237 cm³/mol. The largest absolute Gasteiger partial charge is 0.456 e. The first kappa shape index (κ1) is 31.2. The van der Waals surface area contributed by atoms with Crippen LogP contribution in [0.25, 0.3) is 97.1 Å². The lowest BCUT2D eigenvalue weighted by molar-refractivity contribution is 0.668. The second-order valence-corrected chi connectivity index (χ2v) is 15.5. The Bertz CT molecular complexity index is 3470. The maximum atomic E-state index is 6.38. The Kier molecular flexibility index (Phi) is 6.80. The molecule has 0 aliphatic heterocycles. The van der Waals surface area contributed by atoms with Crippen molar-refractivity contribution in [2.45, 2.75) is 0 Å². The van der Waals surface area contributed by atoms with Gasteiger partial charge in [0.05, 0.1) is 0 Å². The van der Waals surface area contributed by atoms with Gasteiger partial charge in [0.15, 0.2) is 0 Å². The van der Waals surface area contributed by atoms with Crippen molar-refractivity contribution in [2.24, 2.45) is 0 Å². The quantitative estimate of drug-likeness (QED) is 0.176. The van der Waals surface area contributed by atoms with E-state index in [0.29, 0.717) is 0 Å². The van der Waals surface area contributed by atoms with Gasteiger partial charge in [-0.15, -0.1) is 11.3 Å². The van der Waals surface area contributed by atoms with Crippen LogP contribution in [0.3, 0.4) is 0 Å². The average Bonchev–Trinajstić information content (AvgIpc) is 3.94. The van der Waals surface area contributed by atoms with E-state index in [0.717, 1.165) is 55.6 Å².